The lowest BCUT2D eigenvalue weighted by Crippen LogP contribution is -2.38. The van der Waals surface area contributed by atoms with Crippen molar-refractivity contribution in [2.75, 3.05) is 26.8 Å². The van der Waals surface area contributed by atoms with Crippen molar-refractivity contribution in [3.8, 4) is 0 Å². The molecule has 0 radical (unpaired) electrons. The molecule has 0 aromatic heterocycles. The van der Waals surface area contributed by atoms with Gasteiger partial charge in [-0.25, -0.2) is 9.38 Å². The molecular weight excluding hydrogens is 508 g/mol. The van der Waals surface area contributed by atoms with Crippen molar-refractivity contribution in [2.45, 2.75) is 45.6 Å². The molecule has 0 aliphatic carbocycles. The van der Waals surface area contributed by atoms with Crippen LogP contribution in [0, 0.1) is 5.82 Å². The molecule has 0 amide bonds. The molecule has 1 N–H and O–H groups in total. The normalized spacial score (nSPS) is 14.7. The number of hydrogen-bond acceptors (Lipinski definition) is 3. The second-order valence-corrected chi connectivity index (χ2v) is 7.60. The Kier molecular flexibility index (Phi) is 11.2. The molecule has 7 heteroatoms. The van der Waals surface area contributed by atoms with Crippen LogP contribution in [0.1, 0.15) is 36.5 Å². The Morgan fingerprint density at radius 3 is 2.52 bits per heavy atom. The van der Waals surface area contributed by atoms with E-state index in [1.54, 1.807) is 12.1 Å². The van der Waals surface area contributed by atoms with E-state index >= 15 is 0 Å². The zero-order valence-corrected chi connectivity index (χ0v) is 20.7. The summed E-state index contributed by atoms with van der Waals surface area (Å²) < 4.78 is 24.8. The molecule has 1 heterocycles. The zero-order chi connectivity index (χ0) is 21.2. The van der Waals surface area contributed by atoms with Crippen LogP contribution >= 0.6 is 24.0 Å². The molecule has 0 saturated carbocycles. The van der Waals surface area contributed by atoms with Gasteiger partial charge in [0.15, 0.2) is 5.96 Å². The summed E-state index contributed by atoms with van der Waals surface area (Å²) in [4.78, 5) is 6.75. The Bertz CT molecular complexity index is 811. The minimum absolute atomic E-state index is 0. The lowest BCUT2D eigenvalue weighted by molar-refractivity contribution is -0.0390. The number of nitrogens with zero attached hydrogens (tertiary/aromatic N) is 2. The molecule has 0 spiro atoms. The summed E-state index contributed by atoms with van der Waals surface area (Å²) in [5, 5.41) is 3.31. The van der Waals surface area contributed by atoms with Crippen molar-refractivity contribution >= 4 is 29.9 Å². The third-order valence-corrected chi connectivity index (χ3v) is 5.09. The summed E-state index contributed by atoms with van der Waals surface area (Å²) >= 11 is 0. The highest BCUT2D eigenvalue weighted by Gasteiger charge is 2.14. The lowest BCUT2D eigenvalue weighted by atomic mass is 10.1. The number of aliphatic imine (C=N–C) groups is 1. The summed E-state index contributed by atoms with van der Waals surface area (Å²) in [5.74, 6) is 0.581. The second kappa shape index (κ2) is 13.6. The first kappa shape index (κ1) is 25.5. The first-order valence-corrected chi connectivity index (χ1v) is 10.6. The number of nitrogens with one attached hydrogen (secondary N) is 1. The van der Waals surface area contributed by atoms with Gasteiger partial charge in [0.05, 0.1) is 19.3 Å². The highest BCUT2D eigenvalue weighted by molar-refractivity contribution is 14.0. The molecule has 5 nitrogen and oxygen atoms in total. The number of halogens is 2. The van der Waals surface area contributed by atoms with Crippen LogP contribution in [0.3, 0.4) is 0 Å². The molecule has 2 aromatic rings. The van der Waals surface area contributed by atoms with Crippen LogP contribution in [-0.2, 0) is 29.2 Å². The molecule has 1 saturated heterocycles. The Labute approximate surface area is 202 Å². The van der Waals surface area contributed by atoms with Crippen LogP contribution in [0.2, 0.25) is 0 Å². The average molecular weight is 541 g/mol. The third-order valence-electron chi connectivity index (χ3n) is 5.09. The van der Waals surface area contributed by atoms with Crippen LogP contribution in [0.5, 0.6) is 0 Å². The van der Waals surface area contributed by atoms with Gasteiger partial charge in [0.1, 0.15) is 5.82 Å². The van der Waals surface area contributed by atoms with Crippen LogP contribution < -0.4 is 5.32 Å². The maximum atomic E-state index is 13.5. The summed E-state index contributed by atoms with van der Waals surface area (Å²) in [6.45, 7) is 6.20. The number of ether oxygens (including phenoxy) is 2. The van der Waals surface area contributed by atoms with Crippen LogP contribution in [-0.4, -0.2) is 43.8 Å². The molecule has 0 atom stereocenters. The minimum Gasteiger partial charge on any atom is -0.381 e. The fourth-order valence-electron chi connectivity index (χ4n) is 3.42. The van der Waals surface area contributed by atoms with E-state index in [0.717, 1.165) is 49.7 Å². The molecule has 31 heavy (non-hydrogen) atoms. The molecule has 1 aliphatic heterocycles. The van der Waals surface area contributed by atoms with Gasteiger partial charge in [-0.15, -0.1) is 24.0 Å². The minimum atomic E-state index is -0.219. The van der Waals surface area contributed by atoms with Gasteiger partial charge in [0.2, 0.25) is 0 Å². The van der Waals surface area contributed by atoms with E-state index in [1.165, 1.54) is 11.6 Å². The Balaban J connectivity index is 0.00000341. The maximum absolute atomic E-state index is 13.5. The summed E-state index contributed by atoms with van der Waals surface area (Å²) in [6, 6.07) is 15.1. The molecule has 3 rings (SSSR count). The van der Waals surface area contributed by atoms with Crippen LogP contribution in [0.4, 0.5) is 4.39 Å². The van der Waals surface area contributed by atoms with E-state index in [4.69, 9.17) is 14.5 Å². The van der Waals surface area contributed by atoms with Gasteiger partial charge < -0.3 is 19.7 Å². The van der Waals surface area contributed by atoms with E-state index in [1.807, 2.05) is 24.9 Å². The number of guanidine groups is 1. The molecule has 1 fully saturated rings. The van der Waals surface area contributed by atoms with Crippen molar-refractivity contribution in [1.29, 1.82) is 0 Å². The van der Waals surface area contributed by atoms with Crippen molar-refractivity contribution in [3.63, 3.8) is 0 Å². The van der Waals surface area contributed by atoms with Gasteiger partial charge in [0, 0.05) is 33.4 Å². The first-order chi connectivity index (χ1) is 14.6. The topological polar surface area (TPSA) is 46.1 Å². The predicted octanol–water partition coefficient (Wildman–Crippen LogP) is 4.74. The molecule has 0 bridgehead atoms. The molecular formula is C24H33FIN3O2. The van der Waals surface area contributed by atoms with E-state index in [-0.39, 0.29) is 29.8 Å². The van der Waals surface area contributed by atoms with Crippen LogP contribution in [0.25, 0.3) is 0 Å². The summed E-state index contributed by atoms with van der Waals surface area (Å²) in [7, 11) is 1.96. The van der Waals surface area contributed by atoms with E-state index < -0.39 is 0 Å². The van der Waals surface area contributed by atoms with Crippen molar-refractivity contribution in [1.82, 2.24) is 10.2 Å². The van der Waals surface area contributed by atoms with Gasteiger partial charge in [0.25, 0.3) is 0 Å². The SMILES string of the molecule is CCNC(=NCc1ccc(COC2CCOCC2)cc1)N(C)Cc1cccc(F)c1.I. The Morgan fingerprint density at radius 2 is 1.84 bits per heavy atom. The summed E-state index contributed by atoms with van der Waals surface area (Å²) in [5.41, 5.74) is 3.22. The smallest absolute Gasteiger partial charge is 0.194 e. The van der Waals surface area contributed by atoms with Gasteiger partial charge in [-0.3, -0.25) is 0 Å². The van der Waals surface area contributed by atoms with E-state index in [0.29, 0.717) is 25.8 Å². The molecule has 0 unspecified atom stereocenters. The van der Waals surface area contributed by atoms with E-state index in [9.17, 15) is 4.39 Å². The number of benzene rings is 2. The highest BCUT2D eigenvalue weighted by atomic mass is 127. The quantitative estimate of drug-likeness (QED) is 0.298. The van der Waals surface area contributed by atoms with Gasteiger partial charge in [-0.2, -0.15) is 0 Å². The lowest BCUT2D eigenvalue weighted by Gasteiger charge is -2.22. The predicted molar refractivity (Wildman–Crippen MR) is 133 cm³/mol. The second-order valence-electron chi connectivity index (χ2n) is 7.60. The molecule has 2 aromatic carbocycles. The molecule has 170 valence electrons. The average Bonchev–Trinajstić information content (AvgIpc) is 2.76. The Morgan fingerprint density at radius 1 is 1.13 bits per heavy atom. The number of hydrogen-bond donors (Lipinski definition) is 1. The monoisotopic (exact) mass is 541 g/mol. The fourth-order valence-corrected chi connectivity index (χ4v) is 3.42. The molecule has 1 aliphatic rings. The summed E-state index contributed by atoms with van der Waals surface area (Å²) in [6.07, 6.45) is 2.26. The van der Waals surface area contributed by atoms with Crippen molar-refractivity contribution < 1.29 is 13.9 Å². The van der Waals surface area contributed by atoms with E-state index in [2.05, 4.69) is 29.6 Å². The third kappa shape index (κ3) is 8.74. The number of rotatable bonds is 8. The van der Waals surface area contributed by atoms with Gasteiger partial charge in [-0.05, 0) is 48.6 Å². The Hall–Kier alpha value is -1.71. The first-order valence-electron chi connectivity index (χ1n) is 10.6. The van der Waals surface area contributed by atoms with Crippen LogP contribution in [0.15, 0.2) is 53.5 Å². The van der Waals surface area contributed by atoms with Gasteiger partial charge in [-0.1, -0.05) is 36.4 Å². The largest absolute Gasteiger partial charge is 0.381 e. The maximum Gasteiger partial charge on any atom is 0.194 e. The van der Waals surface area contributed by atoms with Gasteiger partial charge >= 0.3 is 0 Å². The standard InChI is InChI=1S/C24H32FN3O2.HI/c1-3-26-24(28(2)17-21-5-4-6-22(25)15-21)27-16-19-7-9-20(10-8-19)18-30-23-11-13-29-14-12-23;/h4-10,15,23H,3,11-14,16-18H2,1-2H3,(H,26,27);1H. The zero-order valence-electron chi connectivity index (χ0n) is 18.4. The fraction of sp³-hybridized carbons (Fsp3) is 0.458. The highest BCUT2D eigenvalue weighted by Crippen LogP contribution is 2.14. The van der Waals surface area contributed by atoms with Crippen molar-refractivity contribution in [2.24, 2.45) is 4.99 Å². The van der Waals surface area contributed by atoms with Crippen molar-refractivity contribution in [3.05, 3.63) is 71.0 Å².